The number of hydrogen-bond donors (Lipinski definition) is 1. The molecule has 0 saturated heterocycles. The van der Waals surface area contributed by atoms with Crippen LogP contribution in [0.1, 0.15) is 24.7 Å². The Bertz CT molecular complexity index is 579. The maximum absolute atomic E-state index is 10.6. The lowest BCUT2D eigenvalue weighted by Gasteiger charge is -2.06. The summed E-state index contributed by atoms with van der Waals surface area (Å²) in [6, 6.07) is 6.65. The van der Waals surface area contributed by atoms with Gasteiger partial charge in [0.05, 0.1) is 11.5 Å². The van der Waals surface area contributed by atoms with Crippen molar-refractivity contribution >= 4 is 5.69 Å². The molecule has 0 aliphatic carbocycles. The number of nitrogens with one attached hydrogen (secondary N) is 1. The molecule has 0 bridgehead atoms. The minimum absolute atomic E-state index is 0.124. The third-order valence-corrected chi connectivity index (χ3v) is 3.15. The molecule has 0 aliphatic rings. The molecule has 1 heterocycles. The zero-order valence-corrected chi connectivity index (χ0v) is 12.0. The molecule has 1 N–H and O–H groups in total. The fraction of sp³-hybridized carbons (Fsp3) is 0.429. The molecule has 2 rings (SSSR count). The first-order chi connectivity index (χ1) is 10.2. The first-order valence-electron chi connectivity index (χ1n) is 7.01. The van der Waals surface area contributed by atoms with Gasteiger partial charge in [-0.15, -0.1) is 0 Å². The minimum Gasteiger partial charge on any atom is -0.310 e. The summed E-state index contributed by atoms with van der Waals surface area (Å²) in [7, 11) is 0. The fourth-order valence-electron chi connectivity index (χ4n) is 2.04. The summed E-state index contributed by atoms with van der Waals surface area (Å²) in [6.45, 7) is 4.44. The minimum atomic E-state index is -0.386. The average Bonchev–Trinajstić information content (AvgIpc) is 2.92. The summed E-state index contributed by atoms with van der Waals surface area (Å²) in [5.74, 6) is 0.931. The topological polar surface area (TPSA) is 85.9 Å². The highest BCUT2D eigenvalue weighted by Crippen LogP contribution is 2.11. The summed E-state index contributed by atoms with van der Waals surface area (Å²) in [5, 5.41) is 18.1. The molecule has 21 heavy (non-hydrogen) atoms. The third-order valence-electron chi connectivity index (χ3n) is 3.15. The quantitative estimate of drug-likeness (QED) is 0.456. The lowest BCUT2D eigenvalue weighted by molar-refractivity contribution is -0.384. The number of benzene rings is 1. The molecule has 0 atom stereocenters. The molecular formula is C14H19N5O2. The largest absolute Gasteiger partial charge is 0.310 e. The van der Waals surface area contributed by atoms with Gasteiger partial charge in [0.1, 0.15) is 12.2 Å². The zero-order chi connectivity index (χ0) is 15.1. The van der Waals surface area contributed by atoms with Crippen LogP contribution < -0.4 is 5.32 Å². The van der Waals surface area contributed by atoms with E-state index in [9.17, 15) is 10.1 Å². The Hall–Kier alpha value is -2.28. The van der Waals surface area contributed by atoms with Crippen LogP contribution in [0.4, 0.5) is 5.69 Å². The highest BCUT2D eigenvalue weighted by Gasteiger charge is 2.05. The SMILES string of the molecule is CCCn1ncnc1CNCCc1ccc([N+](=O)[O-])cc1. The zero-order valence-electron chi connectivity index (χ0n) is 12.0. The molecule has 0 amide bonds. The molecule has 112 valence electrons. The Morgan fingerprint density at radius 1 is 1.33 bits per heavy atom. The number of rotatable bonds is 8. The van der Waals surface area contributed by atoms with E-state index in [-0.39, 0.29) is 10.6 Å². The molecule has 1 aromatic heterocycles. The smallest absolute Gasteiger partial charge is 0.269 e. The summed E-state index contributed by atoms with van der Waals surface area (Å²) >= 11 is 0. The van der Waals surface area contributed by atoms with Gasteiger partial charge in [0.25, 0.3) is 5.69 Å². The molecule has 0 fully saturated rings. The van der Waals surface area contributed by atoms with Crippen molar-refractivity contribution in [3.05, 3.63) is 52.1 Å². The Kier molecular flexibility index (Phi) is 5.39. The second kappa shape index (κ2) is 7.49. The number of aromatic nitrogens is 3. The van der Waals surface area contributed by atoms with E-state index in [2.05, 4.69) is 22.3 Å². The lowest BCUT2D eigenvalue weighted by Crippen LogP contribution is -2.20. The monoisotopic (exact) mass is 289 g/mol. The summed E-state index contributed by atoms with van der Waals surface area (Å²) in [4.78, 5) is 14.4. The van der Waals surface area contributed by atoms with Crippen LogP contribution in [-0.4, -0.2) is 26.2 Å². The Morgan fingerprint density at radius 3 is 2.76 bits per heavy atom. The summed E-state index contributed by atoms with van der Waals surface area (Å²) in [5.41, 5.74) is 1.20. The van der Waals surface area contributed by atoms with Crippen molar-refractivity contribution in [1.82, 2.24) is 20.1 Å². The van der Waals surface area contributed by atoms with Gasteiger partial charge in [0.15, 0.2) is 0 Å². The van der Waals surface area contributed by atoms with Crippen molar-refractivity contribution in [3.8, 4) is 0 Å². The van der Waals surface area contributed by atoms with Crippen molar-refractivity contribution in [2.24, 2.45) is 0 Å². The lowest BCUT2D eigenvalue weighted by atomic mass is 10.1. The van der Waals surface area contributed by atoms with E-state index >= 15 is 0 Å². The second-order valence-electron chi connectivity index (χ2n) is 4.75. The number of non-ortho nitro benzene ring substituents is 1. The molecule has 0 spiro atoms. The van der Waals surface area contributed by atoms with E-state index in [1.807, 2.05) is 4.68 Å². The van der Waals surface area contributed by atoms with Crippen LogP contribution in [-0.2, 0) is 19.5 Å². The van der Waals surface area contributed by atoms with Crippen LogP contribution in [0.5, 0.6) is 0 Å². The van der Waals surface area contributed by atoms with Crippen molar-refractivity contribution in [2.75, 3.05) is 6.54 Å². The van der Waals surface area contributed by atoms with Gasteiger partial charge in [-0.1, -0.05) is 19.1 Å². The van der Waals surface area contributed by atoms with Crippen LogP contribution in [0.2, 0.25) is 0 Å². The van der Waals surface area contributed by atoms with Gasteiger partial charge in [-0.2, -0.15) is 5.10 Å². The number of nitrogens with zero attached hydrogens (tertiary/aromatic N) is 4. The first-order valence-corrected chi connectivity index (χ1v) is 7.01. The molecule has 7 heteroatoms. The van der Waals surface area contributed by atoms with Gasteiger partial charge >= 0.3 is 0 Å². The molecule has 7 nitrogen and oxygen atoms in total. The van der Waals surface area contributed by atoms with E-state index in [1.165, 1.54) is 12.1 Å². The van der Waals surface area contributed by atoms with E-state index in [4.69, 9.17) is 0 Å². The molecule has 0 radical (unpaired) electrons. The van der Waals surface area contributed by atoms with Gasteiger partial charge in [0, 0.05) is 18.7 Å². The average molecular weight is 289 g/mol. The molecule has 1 aromatic carbocycles. The fourth-order valence-corrected chi connectivity index (χ4v) is 2.04. The van der Waals surface area contributed by atoms with E-state index in [0.717, 1.165) is 37.3 Å². The van der Waals surface area contributed by atoms with Crippen LogP contribution in [0.25, 0.3) is 0 Å². The maximum atomic E-state index is 10.6. The predicted molar refractivity (Wildman–Crippen MR) is 78.8 cm³/mol. The molecule has 0 aliphatic heterocycles. The van der Waals surface area contributed by atoms with Crippen LogP contribution in [0, 0.1) is 10.1 Å². The Balaban J connectivity index is 1.76. The number of nitro groups is 1. The predicted octanol–water partition coefficient (Wildman–Crippen LogP) is 1.93. The first kappa shape index (κ1) is 15.1. The van der Waals surface area contributed by atoms with E-state index in [0.29, 0.717) is 6.54 Å². The number of hydrogen-bond acceptors (Lipinski definition) is 5. The molecule has 0 saturated carbocycles. The van der Waals surface area contributed by atoms with Crippen LogP contribution >= 0.6 is 0 Å². The second-order valence-corrected chi connectivity index (χ2v) is 4.75. The van der Waals surface area contributed by atoms with Crippen molar-refractivity contribution < 1.29 is 4.92 Å². The normalized spacial score (nSPS) is 10.7. The Morgan fingerprint density at radius 2 is 2.10 bits per heavy atom. The van der Waals surface area contributed by atoms with Gasteiger partial charge in [-0.05, 0) is 24.9 Å². The highest BCUT2D eigenvalue weighted by molar-refractivity contribution is 5.32. The molecule has 2 aromatic rings. The standard InChI is InChI=1S/C14H19N5O2/c1-2-9-18-14(16-11-17-18)10-15-8-7-12-3-5-13(6-4-12)19(20)21/h3-6,11,15H,2,7-10H2,1H3. The summed E-state index contributed by atoms with van der Waals surface area (Å²) in [6.07, 6.45) is 3.42. The number of aryl methyl sites for hydroxylation is 1. The van der Waals surface area contributed by atoms with Gasteiger partial charge in [-0.3, -0.25) is 10.1 Å². The Labute approximate surface area is 123 Å². The van der Waals surface area contributed by atoms with Crippen LogP contribution in [0.3, 0.4) is 0 Å². The highest BCUT2D eigenvalue weighted by atomic mass is 16.6. The van der Waals surface area contributed by atoms with Gasteiger partial charge in [0.2, 0.25) is 0 Å². The van der Waals surface area contributed by atoms with Crippen molar-refractivity contribution in [2.45, 2.75) is 32.9 Å². The van der Waals surface area contributed by atoms with Crippen LogP contribution in [0.15, 0.2) is 30.6 Å². The third kappa shape index (κ3) is 4.35. The van der Waals surface area contributed by atoms with Crippen molar-refractivity contribution in [3.63, 3.8) is 0 Å². The van der Waals surface area contributed by atoms with Gasteiger partial charge in [-0.25, -0.2) is 9.67 Å². The van der Waals surface area contributed by atoms with Crippen molar-refractivity contribution in [1.29, 1.82) is 0 Å². The summed E-state index contributed by atoms with van der Waals surface area (Å²) < 4.78 is 1.90. The molecule has 0 unspecified atom stereocenters. The van der Waals surface area contributed by atoms with E-state index in [1.54, 1.807) is 18.5 Å². The maximum Gasteiger partial charge on any atom is 0.269 e. The van der Waals surface area contributed by atoms with Gasteiger partial charge < -0.3 is 5.32 Å². The molecular weight excluding hydrogens is 270 g/mol. The van der Waals surface area contributed by atoms with E-state index < -0.39 is 0 Å². The number of nitro benzene ring substituents is 1.